The molecule has 0 aromatic carbocycles. The second kappa shape index (κ2) is 7.57. The van der Waals surface area contributed by atoms with E-state index in [9.17, 15) is 0 Å². The Morgan fingerprint density at radius 3 is 2.56 bits per heavy atom. The first-order chi connectivity index (χ1) is 8.58. The van der Waals surface area contributed by atoms with Gasteiger partial charge in [-0.25, -0.2) is 0 Å². The van der Waals surface area contributed by atoms with Crippen molar-refractivity contribution in [3.63, 3.8) is 0 Å². The molecule has 0 aliphatic rings. The van der Waals surface area contributed by atoms with Crippen molar-refractivity contribution < 1.29 is 0 Å². The Balaban J connectivity index is 2.48. The van der Waals surface area contributed by atoms with Crippen LogP contribution in [0.1, 0.15) is 52.8 Å². The van der Waals surface area contributed by atoms with E-state index in [1.807, 2.05) is 0 Å². The lowest BCUT2D eigenvalue weighted by Gasteiger charge is -2.19. The Kier molecular flexibility index (Phi) is 6.41. The Morgan fingerprint density at radius 1 is 1.22 bits per heavy atom. The number of nitrogens with zero attached hydrogens (tertiary/aromatic N) is 2. The SMILES string of the molecule is CCNCC(C)C(C)Cc1ccn(C(C)CC)n1. The van der Waals surface area contributed by atoms with Gasteiger partial charge in [0.15, 0.2) is 0 Å². The molecule has 1 rings (SSSR count). The number of nitrogens with one attached hydrogen (secondary N) is 1. The van der Waals surface area contributed by atoms with E-state index < -0.39 is 0 Å². The Labute approximate surface area is 112 Å². The summed E-state index contributed by atoms with van der Waals surface area (Å²) in [5.41, 5.74) is 1.23. The largest absolute Gasteiger partial charge is 0.317 e. The molecule has 0 aliphatic heterocycles. The molecule has 3 unspecified atom stereocenters. The van der Waals surface area contributed by atoms with Crippen molar-refractivity contribution in [3.05, 3.63) is 18.0 Å². The van der Waals surface area contributed by atoms with Crippen LogP contribution in [-0.4, -0.2) is 22.9 Å². The summed E-state index contributed by atoms with van der Waals surface area (Å²) in [7, 11) is 0. The van der Waals surface area contributed by atoms with Gasteiger partial charge in [0.1, 0.15) is 0 Å². The molecule has 104 valence electrons. The maximum Gasteiger partial charge on any atom is 0.0627 e. The highest BCUT2D eigenvalue weighted by Gasteiger charge is 2.14. The van der Waals surface area contributed by atoms with E-state index in [1.54, 1.807) is 0 Å². The molecule has 1 aromatic rings. The first-order valence-corrected chi connectivity index (χ1v) is 7.33. The van der Waals surface area contributed by atoms with Crippen LogP contribution in [-0.2, 0) is 6.42 Å². The monoisotopic (exact) mass is 251 g/mol. The van der Waals surface area contributed by atoms with Crippen LogP contribution in [0.3, 0.4) is 0 Å². The highest BCUT2D eigenvalue weighted by atomic mass is 15.3. The molecule has 3 heteroatoms. The minimum atomic E-state index is 0.508. The minimum Gasteiger partial charge on any atom is -0.317 e. The van der Waals surface area contributed by atoms with Gasteiger partial charge in [0.05, 0.1) is 5.69 Å². The van der Waals surface area contributed by atoms with Gasteiger partial charge >= 0.3 is 0 Å². The van der Waals surface area contributed by atoms with Gasteiger partial charge in [-0.2, -0.15) is 5.10 Å². The van der Waals surface area contributed by atoms with E-state index in [0.29, 0.717) is 17.9 Å². The lowest BCUT2D eigenvalue weighted by molar-refractivity contribution is 0.363. The summed E-state index contributed by atoms with van der Waals surface area (Å²) in [6.07, 6.45) is 4.33. The molecule has 0 aliphatic carbocycles. The molecule has 0 spiro atoms. The lowest BCUT2D eigenvalue weighted by Crippen LogP contribution is -2.26. The molecule has 0 saturated carbocycles. The minimum absolute atomic E-state index is 0.508. The van der Waals surface area contributed by atoms with Gasteiger partial charge in [-0.1, -0.05) is 27.7 Å². The molecule has 0 radical (unpaired) electrons. The molecule has 3 nitrogen and oxygen atoms in total. The van der Waals surface area contributed by atoms with Crippen molar-refractivity contribution in [1.29, 1.82) is 0 Å². The summed E-state index contributed by atoms with van der Waals surface area (Å²) in [6, 6.07) is 2.68. The average Bonchev–Trinajstić information content (AvgIpc) is 2.83. The van der Waals surface area contributed by atoms with Gasteiger partial charge in [0.25, 0.3) is 0 Å². The molecule has 18 heavy (non-hydrogen) atoms. The van der Waals surface area contributed by atoms with E-state index in [0.717, 1.165) is 25.9 Å². The standard InChI is InChI=1S/C15H29N3/c1-6-14(5)18-9-8-15(17-18)10-12(3)13(4)11-16-7-2/h8-9,12-14,16H,6-7,10-11H2,1-5H3. The number of aromatic nitrogens is 2. The van der Waals surface area contributed by atoms with Gasteiger partial charge in [-0.3, -0.25) is 4.68 Å². The third-order valence-electron chi connectivity index (χ3n) is 3.92. The van der Waals surface area contributed by atoms with Crippen LogP contribution in [0.2, 0.25) is 0 Å². The van der Waals surface area contributed by atoms with Crippen LogP contribution in [0.4, 0.5) is 0 Å². The molecular weight excluding hydrogens is 222 g/mol. The van der Waals surface area contributed by atoms with E-state index in [4.69, 9.17) is 0 Å². The Hall–Kier alpha value is -0.830. The summed E-state index contributed by atoms with van der Waals surface area (Å²) in [6.45, 7) is 13.4. The molecule has 1 aromatic heterocycles. The highest BCUT2D eigenvalue weighted by molar-refractivity contribution is 5.01. The average molecular weight is 251 g/mol. The zero-order chi connectivity index (χ0) is 13.5. The maximum atomic E-state index is 4.68. The molecule has 0 saturated heterocycles. The summed E-state index contributed by atoms with van der Waals surface area (Å²) in [5.74, 6) is 1.36. The fraction of sp³-hybridized carbons (Fsp3) is 0.800. The van der Waals surface area contributed by atoms with Gasteiger partial charge in [-0.15, -0.1) is 0 Å². The molecule has 1 heterocycles. The summed E-state index contributed by atoms with van der Waals surface area (Å²) >= 11 is 0. The van der Waals surface area contributed by atoms with Crippen LogP contribution in [0.5, 0.6) is 0 Å². The lowest BCUT2D eigenvalue weighted by atomic mass is 9.91. The normalized spacial score (nSPS) is 16.5. The summed E-state index contributed by atoms with van der Waals surface area (Å²) in [5, 5.41) is 8.10. The van der Waals surface area contributed by atoms with Crippen molar-refractivity contribution in [2.24, 2.45) is 11.8 Å². The molecule has 3 atom stereocenters. The fourth-order valence-corrected chi connectivity index (χ4v) is 2.02. The van der Waals surface area contributed by atoms with E-state index in [1.165, 1.54) is 5.69 Å². The summed E-state index contributed by atoms with van der Waals surface area (Å²) in [4.78, 5) is 0. The number of hydrogen-bond acceptors (Lipinski definition) is 2. The van der Waals surface area contributed by atoms with E-state index in [2.05, 4.69) is 62.0 Å². The predicted molar refractivity (Wildman–Crippen MR) is 77.8 cm³/mol. The van der Waals surface area contributed by atoms with Gasteiger partial charge < -0.3 is 5.32 Å². The fourth-order valence-electron chi connectivity index (χ4n) is 2.02. The molecule has 0 bridgehead atoms. The first-order valence-electron chi connectivity index (χ1n) is 7.33. The van der Waals surface area contributed by atoms with Crippen molar-refractivity contribution in [3.8, 4) is 0 Å². The van der Waals surface area contributed by atoms with Crippen LogP contribution in [0.25, 0.3) is 0 Å². The zero-order valence-electron chi connectivity index (χ0n) is 12.6. The van der Waals surface area contributed by atoms with Crippen LogP contribution in [0, 0.1) is 11.8 Å². The first kappa shape index (κ1) is 15.2. The van der Waals surface area contributed by atoms with Crippen molar-refractivity contribution in [1.82, 2.24) is 15.1 Å². The van der Waals surface area contributed by atoms with Crippen molar-refractivity contribution >= 4 is 0 Å². The molecular formula is C15H29N3. The van der Waals surface area contributed by atoms with E-state index in [-0.39, 0.29) is 0 Å². The van der Waals surface area contributed by atoms with E-state index >= 15 is 0 Å². The van der Waals surface area contributed by atoms with Crippen LogP contribution in [0.15, 0.2) is 12.3 Å². The topological polar surface area (TPSA) is 29.9 Å². The second-order valence-electron chi connectivity index (χ2n) is 5.51. The third kappa shape index (κ3) is 4.45. The summed E-state index contributed by atoms with van der Waals surface area (Å²) < 4.78 is 2.09. The second-order valence-corrected chi connectivity index (χ2v) is 5.51. The van der Waals surface area contributed by atoms with Gasteiger partial charge in [-0.05, 0) is 50.8 Å². The molecule has 1 N–H and O–H groups in total. The third-order valence-corrected chi connectivity index (χ3v) is 3.92. The van der Waals surface area contributed by atoms with Crippen molar-refractivity contribution in [2.45, 2.75) is 53.5 Å². The Bertz CT molecular complexity index is 332. The van der Waals surface area contributed by atoms with Gasteiger partial charge in [0, 0.05) is 12.2 Å². The maximum absolute atomic E-state index is 4.68. The smallest absolute Gasteiger partial charge is 0.0627 e. The number of hydrogen-bond donors (Lipinski definition) is 1. The van der Waals surface area contributed by atoms with Crippen LogP contribution >= 0.6 is 0 Å². The van der Waals surface area contributed by atoms with Crippen LogP contribution < -0.4 is 5.32 Å². The molecule has 0 amide bonds. The molecule has 0 fully saturated rings. The Morgan fingerprint density at radius 2 is 1.94 bits per heavy atom. The highest BCUT2D eigenvalue weighted by Crippen LogP contribution is 2.17. The quantitative estimate of drug-likeness (QED) is 0.768. The number of rotatable bonds is 8. The van der Waals surface area contributed by atoms with Crippen molar-refractivity contribution in [2.75, 3.05) is 13.1 Å². The zero-order valence-corrected chi connectivity index (χ0v) is 12.6. The predicted octanol–water partition coefficient (Wildman–Crippen LogP) is 3.28. The van der Waals surface area contributed by atoms with Gasteiger partial charge in [0.2, 0.25) is 0 Å².